The highest BCUT2D eigenvalue weighted by Gasteiger charge is 2.35. The van der Waals surface area contributed by atoms with Gasteiger partial charge in [-0.1, -0.05) is 0 Å². The van der Waals surface area contributed by atoms with Crippen molar-refractivity contribution >= 4 is 16.5 Å². The SMILES string of the molecule is COc1cc(F)ccc1-c1nccn1[C@@H]1COC[C@H]1CS(=O)(=O)N(C)C.O=CO. The van der Waals surface area contributed by atoms with Crippen LogP contribution < -0.4 is 4.74 Å². The molecule has 1 aromatic heterocycles. The smallest absolute Gasteiger partial charge is 0.290 e. The van der Waals surface area contributed by atoms with E-state index >= 15 is 0 Å². The van der Waals surface area contributed by atoms with Crippen molar-refractivity contribution in [2.24, 2.45) is 5.92 Å². The monoisotopic (exact) mass is 429 g/mol. The highest BCUT2D eigenvalue weighted by Crippen LogP contribution is 2.35. The number of halogens is 1. The zero-order chi connectivity index (χ0) is 21.6. The first-order valence-corrected chi connectivity index (χ1v) is 10.3. The molecule has 1 aromatic carbocycles. The quantitative estimate of drug-likeness (QED) is 0.693. The Kier molecular flexibility index (Phi) is 7.71. The number of nitrogens with zero attached hydrogens (tertiary/aromatic N) is 3. The fourth-order valence-electron chi connectivity index (χ4n) is 3.11. The minimum absolute atomic E-state index is 0.0111. The normalized spacial score (nSPS) is 18.9. The Morgan fingerprint density at radius 1 is 1.41 bits per heavy atom. The van der Waals surface area contributed by atoms with Crippen molar-refractivity contribution in [3.8, 4) is 17.1 Å². The lowest BCUT2D eigenvalue weighted by molar-refractivity contribution is -0.122. The van der Waals surface area contributed by atoms with Crippen molar-refractivity contribution in [3.63, 3.8) is 0 Å². The maximum Gasteiger partial charge on any atom is 0.290 e. The summed E-state index contributed by atoms with van der Waals surface area (Å²) in [7, 11) is 1.15. The van der Waals surface area contributed by atoms with Gasteiger partial charge in [0, 0.05) is 38.5 Å². The van der Waals surface area contributed by atoms with E-state index < -0.39 is 15.8 Å². The standard InChI is InChI=1S/C17H22FN3O4S.CH2O2/c1-20(2)26(22,23)11-12-9-25-10-15(12)21-7-6-19-17(21)14-5-4-13(18)8-16(14)24-3;2-1-3/h4-8,12,15H,9-11H2,1-3H3;1H,(H,2,3)/t12-,15+;/m0./s1. The van der Waals surface area contributed by atoms with Gasteiger partial charge in [0.05, 0.1) is 37.7 Å². The van der Waals surface area contributed by atoms with Gasteiger partial charge in [0.25, 0.3) is 6.47 Å². The van der Waals surface area contributed by atoms with Gasteiger partial charge in [0.15, 0.2) is 0 Å². The summed E-state index contributed by atoms with van der Waals surface area (Å²) in [4.78, 5) is 12.7. The average Bonchev–Trinajstić information content (AvgIpc) is 3.30. The second-order valence-corrected chi connectivity index (χ2v) is 8.76. The van der Waals surface area contributed by atoms with Crippen LogP contribution in [0.5, 0.6) is 5.75 Å². The number of sulfonamides is 1. The van der Waals surface area contributed by atoms with Gasteiger partial charge in [-0.25, -0.2) is 22.1 Å². The predicted molar refractivity (Wildman–Crippen MR) is 104 cm³/mol. The van der Waals surface area contributed by atoms with E-state index in [-0.39, 0.29) is 24.2 Å². The molecule has 9 nitrogen and oxygen atoms in total. The van der Waals surface area contributed by atoms with Crippen LogP contribution in [0, 0.1) is 11.7 Å². The minimum Gasteiger partial charge on any atom is -0.496 e. The third kappa shape index (κ3) is 5.31. The number of hydrogen-bond acceptors (Lipinski definition) is 6. The number of imidazole rings is 1. The second kappa shape index (κ2) is 9.81. The van der Waals surface area contributed by atoms with Crippen LogP contribution in [0.1, 0.15) is 6.04 Å². The van der Waals surface area contributed by atoms with Crippen LogP contribution in [-0.2, 0) is 19.6 Å². The molecule has 3 rings (SSSR count). The lowest BCUT2D eigenvalue weighted by Crippen LogP contribution is -2.32. The highest BCUT2D eigenvalue weighted by molar-refractivity contribution is 7.89. The van der Waals surface area contributed by atoms with Gasteiger partial charge in [-0.2, -0.15) is 0 Å². The van der Waals surface area contributed by atoms with Crippen molar-refractivity contribution in [2.75, 3.05) is 40.2 Å². The predicted octanol–water partition coefficient (Wildman–Crippen LogP) is 1.48. The lowest BCUT2D eigenvalue weighted by atomic mass is 10.1. The van der Waals surface area contributed by atoms with Crippen LogP contribution in [0.15, 0.2) is 30.6 Å². The van der Waals surface area contributed by atoms with Crippen molar-refractivity contribution in [2.45, 2.75) is 6.04 Å². The number of ether oxygens (including phenoxy) is 2. The van der Waals surface area contributed by atoms with Gasteiger partial charge in [-0.15, -0.1) is 0 Å². The van der Waals surface area contributed by atoms with Gasteiger partial charge in [0.2, 0.25) is 10.0 Å². The molecule has 160 valence electrons. The third-order valence-electron chi connectivity index (χ3n) is 4.58. The van der Waals surface area contributed by atoms with Gasteiger partial charge in [0.1, 0.15) is 17.4 Å². The van der Waals surface area contributed by atoms with Crippen LogP contribution in [-0.4, -0.2) is 74.0 Å². The number of benzene rings is 1. The van der Waals surface area contributed by atoms with Crippen molar-refractivity contribution in [3.05, 3.63) is 36.4 Å². The Labute approximate surface area is 168 Å². The summed E-state index contributed by atoms with van der Waals surface area (Å²) in [6.07, 6.45) is 3.42. The van der Waals surface area contributed by atoms with E-state index in [0.717, 1.165) is 0 Å². The molecule has 0 spiro atoms. The van der Waals surface area contributed by atoms with E-state index in [4.69, 9.17) is 19.4 Å². The summed E-state index contributed by atoms with van der Waals surface area (Å²) in [5, 5.41) is 6.89. The molecule has 1 saturated heterocycles. The summed E-state index contributed by atoms with van der Waals surface area (Å²) in [5.74, 6) is 0.339. The van der Waals surface area contributed by atoms with E-state index in [9.17, 15) is 12.8 Å². The van der Waals surface area contributed by atoms with Crippen LogP contribution in [0.3, 0.4) is 0 Å². The van der Waals surface area contributed by atoms with Crippen LogP contribution in [0.2, 0.25) is 0 Å². The molecule has 2 aromatic rings. The molecular weight excluding hydrogens is 405 g/mol. The van der Waals surface area contributed by atoms with E-state index in [2.05, 4.69) is 4.98 Å². The number of carbonyl (C=O) groups is 1. The minimum atomic E-state index is -3.36. The number of methoxy groups -OCH3 is 1. The molecule has 0 saturated carbocycles. The maximum absolute atomic E-state index is 13.5. The molecule has 0 amide bonds. The third-order valence-corrected chi connectivity index (χ3v) is 6.54. The average molecular weight is 429 g/mol. The zero-order valence-corrected chi connectivity index (χ0v) is 17.2. The molecule has 1 N–H and O–H groups in total. The molecule has 11 heteroatoms. The van der Waals surface area contributed by atoms with Gasteiger partial charge < -0.3 is 19.1 Å². The largest absolute Gasteiger partial charge is 0.496 e. The molecule has 0 bridgehead atoms. The number of aromatic nitrogens is 2. The molecule has 0 radical (unpaired) electrons. The second-order valence-electron chi connectivity index (χ2n) is 6.53. The molecule has 2 heterocycles. The first-order valence-electron chi connectivity index (χ1n) is 8.67. The van der Waals surface area contributed by atoms with Crippen molar-refractivity contribution in [1.82, 2.24) is 13.9 Å². The Hall–Kier alpha value is -2.50. The maximum atomic E-state index is 13.5. The van der Waals surface area contributed by atoms with E-state index in [0.29, 0.717) is 30.4 Å². The van der Waals surface area contributed by atoms with E-state index in [1.807, 2.05) is 4.57 Å². The fraction of sp³-hybridized carbons (Fsp3) is 0.444. The van der Waals surface area contributed by atoms with Crippen LogP contribution >= 0.6 is 0 Å². The fourth-order valence-corrected chi connectivity index (χ4v) is 4.27. The van der Waals surface area contributed by atoms with Gasteiger partial charge in [-0.05, 0) is 12.1 Å². The molecule has 1 aliphatic rings. The molecule has 1 aliphatic heterocycles. The number of carboxylic acid groups (broad SMARTS) is 1. The number of rotatable bonds is 6. The highest BCUT2D eigenvalue weighted by atomic mass is 32.2. The summed E-state index contributed by atoms with van der Waals surface area (Å²) in [5.41, 5.74) is 0.639. The summed E-state index contributed by atoms with van der Waals surface area (Å²) in [6.45, 7) is 0.496. The zero-order valence-electron chi connectivity index (χ0n) is 16.4. The summed E-state index contributed by atoms with van der Waals surface area (Å²) < 4.78 is 52.0. The van der Waals surface area contributed by atoms with Crippen molar-refractivity contribution in [1.29, 1.82) is 0 Å². The van der Waals surface area contributed by atoms with E-state index in [1.165, 1.54) is 37.6 Å². The number of hydrogen-bond donors (Lipinski definition) is 1. The molecule has 29 heavy (non-hydrogen) atoms. The van der Waals surface area contributed by atoms with Gasteiger partial charge >= 0.3 is 0 Å². The van der Waals surface area contributed by atoms with Crippen LogP contribution in [0.25, 0.3) is 11.4 Å². The topological polar surface area (TPSA) is 111 Å². The Morgan fingerprint density at radius 3 is 2.72 bits per heavy atom. The Morgan fingerprint density at radius 2 is 2.10 bits per heavy atom. The molecule has 1 fully saturated rings. The first kappa shape index (κ1) is 22.8. The molecule has 0 aliphatic carbocycles. The van der Waals surface area contributed by atoms with Gasteiger partial charge in [-0.3, -0.25) is 4.79 Å². The molecular formula is C18H24FN3O6S. The first-order chi connectivity index (χ1) is 13.7. The van der Waals surface area contributed by atoms with Crippen molar-refractivity contribution < 1.29 is 32.2 Å². The molecule has 2 atom stereocenters. The lowest BCUT2D eigenvalue weighted by Gasteiger charge is -2.23. The van der Waals surface area contributed by atoms with E-state index in [1.54, 1.807) is 18.5 Å². The van der Waals surface area contributed by atoms with Crippen LogP contribution in [0.4, 0.5) is 4.39 Å². The Balaban J connectivity index is 0.000000941. The Bertz CT molecular complexity index is 931. The molecule has 0 unspecified atom stereocenters. The summed E-state index contributed by atoms with van der Waals surface area (Å²) in [6, 6.07) is 4.06. The summed E-state index contributed by atoms with van der Waals surface area (Å²) >= 11 is 0.